The Morgan fingerprint density at radius 1 is 2.00 bits per heavy atom. The summed E-state index contributed by atoms with van der Waals surface area (Å²) in [6, 6.07) is 0. The monoisotopic (exact) mass is 86.0 g/mol. The van der Waals surface area contributed by atoms with Gasteiger partial charge in [-0.25, -0.2) is 0 Å². The third-order valence-corrected chi connectivity index (χ3v) is 1.22. The van der Waals surface area contributed by atoms with Gasteiger partial charge in [-0.15, -0.1) is 5.79 Å². The van der Waals surface area contributed by atoms with Gasteiger partial charge in [-0.1, -0.05) is 0 Å². The van der Waals surface area contributed by atoms with E-state index in [1.165, 1.54) is 0 Å². The fourth-order valence-electron chi connectivity index (χ4n) is 0.118. The van der Waals surface area contributed by atoms with Gasteiger partial charge in [-0.3, -0.25) is 0 Å². The van der Waals surface area contributed by atoms with Gasteiger partial charge in [0.25, 0.3) is 0 Å². The van der Waals surface area contributed by atoms with Crippen molar-refractivity contribution in [2.45, 2.75) is 11.1 Å². The third kappa shape index (κ3) is 4.20. The SMILES string of the molecule is [CH3][AlH][CH2]C=O. The molecule has 0 spiro atoms. The second-order valence-electron chi connectivity index (χ2n) is 0.955. The lowest BCUT2D eigenvalue weighted by Gasteiger charge is -1.62. The minimum absolute atomic E-state index is 0.0459. The van der Waals surface area contributed by atoms with E-state index in [1.54, 1.807) is 0 Å². The second-order valence-corrected chi connectivity index (χ2v) is 2.53. The molecule has 0 aliphatic rings. The van der Waals surface area contributed by atoms with Crippen molar-refractivity contribution in [2.75, 3.05) is 0 Å². The molecule has 0 aliphatic heterocycles. The van der Waals surface area contributed by atoms with Crippen LogP contribution < -0.4 is 0 Å². The maximum Gasteiger partial charge on any atom is 0.243 e. The Labute approximate surface area is 38.1 Å². The topological polar surface area (TPSA) is 17.1 Å². The Hall–Kier alpha value is 0.202. The van der Waals surface area contributed by atoms with E-state index >= 15 is 0 Å². The Bertz CT molecular complexity index is 28.1. The molecule has 2 heteroatoms. The quantitative estimate of drug-likeness (QED) is 0.344. The minimum Gasteiger partial charge on any atom is -0.305 e. The van der Waals surface area contributed by atoms with Gasteiger partial charge in [0.15, 0.2) is 0 Å². The Morgan fingerprint density at radius 3 is 2.60 bits per heavy atom. The van der Waals surface area contributed by atoms with Crippen LogP contribution in [-0.2, 0) is 4.79 Å². The van der Waals surface area contributed by atoms with Gasteiger partial charge in [0.1, 0.15) is 6.29 Å². The Kier molecular flexibility index (Phi) is 4.37. The molecule has 0 heterocycles. The zero-order valence-corrected chi connectivity index (χ0v) is 4.81. The van der Waals surface area contributed by atoms with E-state index in [4.69, 9.17) is 0 Å². The maximum absolute atomic E-state index is 9.44. The third-order valence-electron chi connectivity index (χ3n) is 0.407. The van der Waals surface area contributed by atoms with Crippen molar-refractivity contribution in [3.05, 3.63) is 0 Å². The molecule has 1 nitrogen and oxygen atoms in total. The molecule has 0 amide bonds. The average Bonchev–Trinajstić information content (AvgIpc) is 1.41. The molecular weight excluding hydrogens is 79.0 g/mol. The predicted octanol–water partition coefficient (Wildman–Crippen LogP) is 0.0882. The van der Waals surface area contributed by atoms with E-state index in [0.717, 1.165) is 11.6 Å². The summed E-state index contributed by atoms with van der Waals surface area (Å²) >= 11 is 0.0459. The summed E-state index contributed by atoms with van der Waals surface area (Å²) in [7, 11) is 0. The van der Waals surface area contributed by atoms with Crippen molar-refractivity contribution in [3.8, 4) is 0 Å². The first-order valence-corrected chi connectivity index (χ1v) is 4.27. The highest BCUT2D eigenvalue weighted by Crippen LogP contribution is 1.62. The summed E-state index contributed by atoms with van der Waals surface area (Å²) < 4.78 is 0. The lowest BCUT2D eigenvalue weighted by Crippen LogP contribution is -1.77. The second kappa shape index (κ2) is 4.20. The van der Waals surface area contributed by atoms with Crippen molar-refractivity contribution < 1.29 is 4.79 Å². The first-order valence-electron chi connectivity index (χ1n) is 1.85. The molecule has 28 valence electrons. The largest absolute Gasteiger partial charge is 0.305 e. The molecule has 0 fully saturated rings. The zero-order valence-electron chi connectivity index (χ0n) is 3.40. The number of hydrogen-bond acceptors (Lipinski definition) is 1. The smallest absolute Gasteiger partial charge is 0.243 e. The van der Waals surface area contributed by atoms with Gasteiger partial charge >= 0.3 is 0 Å². The van der Waals surface area contributed by atoms with Crippen LogP contribution in [0.5, 0.6) is 0 Å². The summed E-state index contributed by atoms with van der Waals surface area (Å²) in [5, 5.41) is 0.847. The van der Waals surface area contributed by atoms with Crippen LogP contribution in [0.4, 0.5) is 0 Å². The number of carbonyl (C=O) groups is 1. The molecule has 0 bridgehead atoms. The van der Waals surface area contributed by atoms with Gasteiger partial charge in [-0.05, 0) is 5.28 Å². The van der Waals surface area contributed by atoms with E-state index in [9.17, 15) is 4.79 Å². The molecule has 0 aromatic carbocycles. The summed E-state index contributed by atoms with van der Waals surface area (Å²) in [4.78, 5) is 9.44. The lowest BCUT2D eigenvalue weighted by atomic mass is 10.9. The lowest BCUT2D eigenvalue weighted by molar-refractivity contribution is -0.106. The molecule has 0 radical (unpaired) electrons. The van der Waals surface area contributed by atoms with Crippen molar-refractivity contribution in [1.29, 1.82) is 0 Å². The number of aldehydes is 1. The van der Waals surface area contributed by atoms with E-state index in [2.05, 4.69) is 5.79 Å². The number of rotatable bonds is 2. The van der Waals surface area contributed by atoms with Crippen molar-refractivity contribution in [2.24, 2.45) is 0 Å². The molecule has 0 N–H and O–H groups in total. The number of hydrogen-bond donors (Lipinski definition) is 0. The van der Waals surface area contributed by atoms with E-state index in [-0.39, 0.29) is 15.2 Å². The average molecular weight is 86.1 g/mol. The molecule has 0 aromatic heterocycles. The van der Waals surface area contributed by atoms with Crippen LogP contribution in [0.2, 0.25) is 11.1 Å². The fourth-order valence-corrected chi connectivity index (χ4v) is 0.354. The Morgan fingerprint density at radius 2 is 2.60 bits per heavy atom. The van der Waals surface area contributed by atoms with E-state index < -0.39 is 0 Å². The molecule has 0 rings (SSSR count). The molecule has 5 heavy (non-hydrogen) atoms. The van der Waals surface area contributed by atoms with Crippen LogP contribution in [0.3, 0.4) is 0 Å². The molecule has 0 aromatic rings. The number of carbonyl (C=O) groups excluding carboxylic acids is 1. The van der Waals surface area contributed by atoms with Gasteiger partial charge in [0.2, 0.25) is 15.2 Å². The predicted molar refractivity (Wildman–Crippen MR) is 23.9 cm³/mol. The van der Waals surface area contributed by atoms with Crippen LogP contribution in [-0.4, -0.2) is 21.5 Å². The van der Waals surface area contributed by atoms with Crippen molar-refractivity contribution in [1.82, 2.24) is 0 Å². The van der Waals surface area contributed by atoms with Crippen molar-refractivity contribution in [3.63, 3.8) is 0 Å². The normalized spacial score (nSPS) is 6.60. The van der Waals surface area contributed by atoms with E-state index in [0.29, 0.717) is 0 Å². The zero-order chi connectivity index (χ0) is 4.12. The first kappa shape index (κ1) is 5.20. The van der Waals surface area contributed by atoms with Crippen LogP contribution >= 0.6 is 0 Å². The highest BCUT2D eigenvalue weighted by Gasteiger charge is 1.74. The van der Waals surface area contributed by atoms with Gasteiger partial charge in [-0.2, -0.15) is 0 Å². The molecule has 0 unspecified atom stereocenters. The van der Waals surface area contributed by atoms with Crippen LogP contribution in [0.1, 0.15) is 0 Å². The van der Waals surface area contributed by atoms with E-state index in [1.807, 2.05) is 0 Å². The first-order chi connectivity index (χ1) is 2.41. The fraction of sp³-hybridized carbons (Fsp3) is 0.667. The van der Waals surface area contributed by atoms with Gasteiger partial charge in [0.05, 0.1) is 0 Å². The molecule has 0 saturated carbocycles. The van der Waals surface area contributed by atoms with Crippen LogP contribution in [0.15, 0.2) is 0 Å². The standard InChI is InChI=1S/C2H3O.CH3.Al.H/c1-2-3;;;/h2H,1H2;1H3;;. The maximum atomic E-state index is 9.44. The highest BCUT2D eigenvalue weighted by atomic mass is 27.1. The summed E-state index contributed by atoms with van der Waals surface area (Å²) in [6.45, 7) is 0. The van der Waals surface area contributed by atoms with Crippen LogP contribution in [0.25, 0.3) is 0 Å². The highest BCUT2D eigenvalue weighted by molar-refractivity contribution is 6.37. The van der Waals surface area contributed by atoms with Crippen molar-refractivity contribution >= 4 is 21.5 Å². The Balaban J connectivity index is 2.40. The summed E-state index contributed by atoms with van der Waals surface area (Å²) in [5.74, 6) is 2.12. The molecule has 0 atom stereocenters. The minimum atomic E-state index is 0.0459. The summed E-state index contributed by atoms with van der Waals surface area (Å²) in [6.07, 6.45) is 0.992. The van der Waals surface area contributed by atoms with Gasteiger partial charge in [0, 0.05) is 0 Å². The van der Waals surface area contributed by atoms with Gasteiger partial charge < -0.3 is 4.79 Å². The molecule has 0 aliphatic carbocycles. The molecule has 0 saturated heterocycles. The molecular formula is C3H7AlO. The summed E-state index contributed by atoms with van der Waals surface area (Å²) in [5.41, 5.74) is 0. The van der Waals surface area contributed by atoms with Crippen LogP contribution in [0, 0.1) is 0 Å².